The number of rotatable bonds is 4. The predicted molar refractivity (Wildman–Crippen MR) is 92.6 cm³/mol. The monoisotopic (exact) mass is 418 g/mol. The molecule has 0 aromatic heterocycles. The molecule has 0 fully saturated rings. The van der Waals surface area contributed by atoms with Gasteiger partial charge in [-0.1, -0.05) is 23.2 Å². The minimum atomic E-state index is -4.57. The Morgan fingerprint density at radius 2 is 1.96 bits per heavy atom. The van der Waals surface area contributed by atoms with Crippen molar-refractivity contribution in [2.75, 3.05) is 0 Å². The summed E-state index contributed by atoms with van der Waals surface area (Å²) in [5.74, 6) is -0.311. The van der Waals surface area contributed by atoms with Gasteiger partial charge in [-0.2, -0.15) is 13.2 Å². The van der Waals surface area contributed by atoms with Crippen LogP contribution < -0.4 is 0 Å². The summed E-state index contributed by atoms with van der Waals surface area (Å²) in [6, 6.07) is 7.04. The summed E-state index contributed by atoms with van der Waals surface area (Å²) < 4.78 is 44.2. The smallest absolute Gasteiger partial charge is 0.416 e. The molecule has 3 rings (SSSR count). The second-order valence-electron chi connectivity index (χ2n) is 5.61. The maximum absolute atomic E-state index is 12.9. The third kappa shape index (κ3) is 4.12. The lowest BCUT2D eigenvalue weighted by Gasteiger charge is -2.17. The second-order valence-corrected chi connectivity index (χ2v) is 6.46. The lowest BCUT2D eigenvalue weighted by Crippen LogP contribution is -2.29. The Hall–Kier alpha value is -2.45. The van der Waals surface area contributed by atoms with Crippen molar-refractivity contribution in [1.29, 1.82) is 0 Å². The van der Waals surface area contributed by atoms with Crippen molar-refractivity contribution in [1.82, 2.24) is 5.01 Å². The first-order valence-corrected chi connectivity index (χ1v) is 8.26. The number of aldehydes is 1. The van der Waals surface area contributed by atoms with Gasteiger partial charge in [0, 0.05) is 10.6 Å². The Bertz CT molecular complexity index is 919. The largest absolute Gasteiger partial charge is 0.508 e. The second kappa shape index (κ2) is 7.28. The van der Waals surface area contributed by atoms with Crippen molar-refractivity contribution in [3.63, 3.8) is 0 Å². The zero-order chi connectivity index (χ0) is 19.8. The van der Waals surface area contributed by atoms with Crippen molar-refractivity contribution in [2.24, 2.45) is 5.10 Å². The number of ether oxygens (including phenoxy) is 1. The van der Waals surface area contributed by atoms with Gasteiger partial charge < -0.3 is 9.84 Å². The molecule has 1 unspecified atom stereocenters. The van der Waals surface area contributed by atoms with Crippen molar-refractivity contribution in [2.45, 2.75) is 18.9 Å². The average Bonchev–Trinajstić information content (AvgIpc) is 3.00. The van der Waals surface area contributed by atoms with Crippen LogP contribution in [0.2, 0.25) is 10.0 Å². The van der Waals surface area contributed by atoms with Gasteiger partial charge in [0.2, 0.25) is 12.1 Å². The number of hydrazone groups is 1. The summed E-state index contributed by atoms with van der Waals surface area (Å²) in [6.07, 6.45) is -5.34. The van der Waals surface area contributed by atoms with E-state index in [4.69, 9.17) is 27.9 Å². The molecule has 0 saturated carbocycles. The van der Waals surface area contributed by atoms with Crippen LogP contribution in [0.4, 0.5) is 13.2 Å². The molecule has 2 aromatic rings. The molecule has 27 heavy (non-hydrogen) atoms. The number of hydrogen-bond donors (Lipinski definition) is 1. The zero-order valence-corrected chi connectivity index (χ0v) is 14.9. The van der Waals surface area contributed by atoms with Crippen LogP contribution in [0.5, 0.6) is 5.75 Å². The Labute approximate surface area is 161 Å². The molecule has 1 aliphatic heterocycles. The number of halogens is 5. The quantitative estimate of drug-likeness (QED) is 0.745. The highest BCUT2D eigenvalue weighted by molar-refractivity contribution is 6.34. The fourth-order valence-corrected chi connectivity index (χ4v) is 2.83. The van der Waals surface area contributed by atoms with Gasteiger partial charge in [0.1, 0.15) is 5.75 Å². The van der Waals surface area contributed by atoms with Crippen LogP contribution in [0.3, 0.4) is 0 Å². The van der Waals surface area contributed by atoms with E-state index in [0.29, 0.717) is 16.9 Å². The fourth-order valence-electron chi connectivity index (χ4n) is 2.43. The van der Waals surface area contributed by atoms with E-state index in [9.17, 15) is 23.1 Å². The van der Waals surface area contributed by atoms with Gasteiger partial charge in [0.15, 0.2) is 6.29 Å². The zero-order valence-electron chi connectivity index (χ0n) is 13.4. The van der Waals surface area contributed by atoms with Crippen LogP contribution in [-0.2, 0) is 22.3 Å². The van der Waals surface area contributed by atoms with Crippen LogP contribution >= 0.6 is 23.2 Å². The summed E-state index contributed by atoms with van der Waals surface area (Å²) in [6.45, 7) is -0.0596. The van der Waals surface area contributed by atoms with Gasteiger partial charge in [-0.25, -0.2) is 5.01 Å². The van der Waals surface area contributed by atoms with Crippen LogP contribution in [0.25, 0.3) is 0 Å². The minimum absolute atomic E-state index is 0.0150. The number of phenols is 1. The van der Waals surface area contributed by atoms with Crippen LogP contribution in [0.1, 0.15) is 16.7 Å². The van der Waals surface area contributed by atoms with E-state index < -0.39 is 18.0 Å². The lowest BCUT2D eigenvalue weighted by atomic mass is 10.1. The Kier molecular flexibility index (Phi) is 5.21. The van der Waals surface area contributed by atoms with Crippen LogP contribution in [0, 0.1) is 0 Å². The molecule has 10 heteroatoms. The van der Waals surface area contributed by atoms with E-state index in [1.807, 2.05) is 0 Å². The molecule has 0 saturated heterocycles. The van der Waals surface area contributed by atoms with Crippen molar-refractivity contribution in [3.8, 4) is 5.75 Å². The molecule has 1 atom stereocenters. The molecule has 0 amide bonds. The van der Waals surface area contributed by atoms with Crippen molar-refractivity contribution >= 4 is 35.4 Å². The minimum Gasteiger partial charge on any atom is -0.508 e. The first-order chi connectivity index (χ1) is 12.7. The summed E-state index contributed by atoms with van der Waals surface area (Å²) in [5.41, 5.74) is -0.670. The van der Waals surface area contributed by atoms with Crippen molar-refractivity contribution < 1.29 is 27.8 Å². The summed E-state index contributed by atoms with van der Waals surface area (Å²) in [4.78, 5) is 11.3. The van der Waals surface area contributed by atoms with Gasteiger partial charge in [0.25, 0.3) is 0 Å². The topological polar surface area (TPSA) is 62.1 Å². The third-order valence-corrected chi connectivity index (χ3v) is 4.32. The fraction of sp³-hybridized carbons (Fsp3) is 0.176. The van der Waals surface area contributed by atoms with E-state index in [-0.39, 0.29) is 28.8 Å². The van der Waals surface area contributed by atoms with Gasteiger partial charge in [-0.3, -0.25) is 4.79 Å². The molecule has 1 heterocycles. The lowest BCUT2D eigenvalue weighted by molar-refractivity contribution is -0.137. The molecular weight excluding hydrogens is 408 g/mol. The first kappa shape index (κ1) is 19.3. The van der Waals surface area contributed by atoms with E-state index in [0.717, 1.165) is 18.2 Å². The van der Waals surface area contributed by atoms with Gasteiger partial charge >= 0.3 is 6.18 Å². The number of carbonyl (C=O) groups is 1. The maximum atomic E-state index is 12.9. The molecule has 5 nitrogen and oxygen atoms in total. The predicted octanol–water partition coefficient (Wildman–Crippen LogP) is 4.44. The normalized spacial score (nSPS) is 16.9. The van der Waals surface area contributed by atoms with Gasteiger partial charge in [-0.15, -0.1) is 5.10 Å². The molecule has 0 bridgehead atoms. The summed E-state index contributed by atoms with van der Waals surface area (Å²) >= 11 is 11.9. The number of nitrogens with zero attached hydrogens (tertiary/aromatic N) is 2. The summed E-state index contributed by atoms with van der Waals surface area (Å²) in [5, 5.41) is 15.5. The molecule has 0 radical (unpaired) electrons. The number of phenolic OH excluding ortho intramolecular Hbond substituents is 1. The highest BCUT2D eigenvalue weighted by Gasteiger charge is 2.34. The standard InChI is InChI=1S/C17H11Cl2F3N2O3/c18-11-2-4-14(26)9(5-11)7-24-15(8-25)27-16(23-24)12-6-10(17(20,21)22)1-3-13(12)19/h1-6,8,15,26H,7H2. The van der Waals surface area contributed by atoms with Crippen molar-refractivity contribution in [3.05, 3.63) is 63.1 Å². The molecule has 0 aliphatic carbocycles. The number of carbonyl (C=O) groups excluding carboxylic acids is 1. The highest BCUT2D eigenvalue weighted by atomic mass is 35.5. The third-order valence-electron chi connectivity index (χ3n) is 3.76. The molecular formula is C17H11Cl2F3N2O3. The molecule has 142 valence electrons. The Morgan fingerprint density at radius 1 is 1.22 bits per heavy atom. The molecule has 0 spiro atoms. The number of aromatic hydroxyl groups is 1. The van der Waals surface area contributed by atoms with E-state index >= 15 is 0 Å². The van der Waals surface area contributed by atoms with Gasteiger partial charge in [0.05, 0.1) is 22.7 Å². The SMILES string of the molecule is O=CC1OC(c2cc(C(F)(F)F)ccc2Cl)=NN1Cc1cc(Cl)ccc1O. The van der Waals surface area contributed by atoms with Gasteiger partial charge in [-0.05, 0) is 36.4 Å². The van der Waals surface area contributed by atoms with Crippen LogP contribution in [0.15, 0.2) is 41.5 Å². The highest BCUT2D eigenvalue weighted by Crippen LogP contribution is 2.33. The number of alkyl halides is 3. The molecule has 1 N–H and O–H groups in total. The van der Waals surface area contributed by atoms with E-state index in [1.165, 1.54) is 23.2 Å². The number of hydrogen-bond acceptors (Lipinski definition) is 5. The molecule has 1 aliphatic rings. The van der Waals surface area contributed by atoms with Crippen LogP contribution in [-0.4, -0.2) is 28.5 Å². The van der Waals surface area contributed by atoms with E-state index in [1.54, 1.807) is 0 Å². The average molecular weight is 419 g/mol. The summed E-state index contributed by atoms with van der Waals surface area (Å²) in [7, 11) is 0. The molecule has 2 aromatic carbocycles. The first-order valence-electron chi connectivity index (χ1n) is 7.51. The van der Waals surface area contributed by atoms with E-state index in [2.05, 4.69) is 5.10 Å². The maximum Gasteiger partial charge on any atom is 0.416 e. The Morgan fingerprint density at radius 3 is 2.63 bits per heavy atom. The Balaban J connectivity index is 1.95. The number of benzene rings is 2.